The fourth-order valence-corrected chi connectivity index (χ4v) is 2.27. The van der Waals surface area contributed by atoms with Gasteiger partial charge in [0.25, 0.3) is 0 Å². The molecule has 0 unspecified atom stereocenters. The molecule has 3 nitrogen and oxygen atoms in total. The van der Waals surface area contributed by atoms with Crippen LogP contribution in [-0.2, 0) is 0 Å². The predicted octanol–water partition coefficient (Wildman–Crippen LogP) is 3.98. The summed E-state index contributed by atoms with van der Waals surface area (Å²) in [6.07, 6.45) is 17.3. The van der Waals surface area contributed by atoms with E-state index in [0.29, 0.717) is 0 Å². The zero-order chi connectivity index (χ0) is 14.8. The van der Waals surface area contributed by atoms with Crippen LogP contribution in [0.2, 0.25) is 0 Å². The van der Waals surface area contributed by atoms with Crippen molar-refractivity contribution in [2.45, 2.75) is 84.0 Å². The van der Waals surface area contributed by atoms with Crippen molar-refractivity contribution in [3.05, 3.63) is 5.21 Å². The Morgan fingerprint density at radius 1 is 0.632 bits per heavy atom. The molecule has 0 radical (unpaired) electrons. The second-order valence-electron chi connectivity index (χ2n) is 5.69. The molecule has 118 valence electrons. The van der Waals surface area contributed by atoms with Gasteiger partial charge in [0.05, 0.1) is 0 Å². The lowest BCUT2D eigenvalue weighted by molar-refractivity contribution is -0.275. The Hall–Kier alpha value is -0.120. The molecule has 0 aliphatic rings. The third kappa shape index (κ3) is 23.4. The normalized spacial score (nSPS) is 10.4. The maximum Gasteiger partial charge on any atom is -0.00248 e. The van der Waals surface area contributed by atoms with Gasteiger partial charge < -0.3 is 16.0 Å². The Morgan fingerprint density at radius 2 is 0.947 bits per heavy atom. The Morgan fingerprint density at radius 3 is 1.26 bits per heavy atom. The van der Waals surface area contributed by atoms with Crippen LogP contribution in [-0.4, -0.2) is 25.5 Å². The SMILES string of the molecule is CCCCCCCCCCCCCCN(C)C.[NH3+][O-]. The first-order valence-corrected chi connectivity index (χ1v) is 8.21. The standard InChI is InChI=1S/C16H35N.H3NO/c1-4-5-6-7-8-9-10-11-12-13-14-15-16-17(2)3;1-2/h4-16H2,1-3H3;1H3. The van der Waals surface area contributed by atoms with Gasteiger partial charge in [-0.15, -0.1) is 0 Å². The highest BCUT2D eigenvalue weighted by Crippen LogP contribution is 2.11. The number of quaternary nitrogens is 1. The van der Waals surface area contributed by atoms with E-state index < -0.39 is 0 Å². The van der Waals surface area contributed by atoms with Gasteiger partial charge in [-0.1, -0.05) is 77.6 Å². The van der Waals surface area contributed by atoms with Crippen molar-refractivity contribution in [1.29, 1.82) is 0 Å². The van der Waals surface area contributed by atoms with E-state index in [1.165, 1.54) is 83.6 Å². The minimum Gasteiger partial charge on any atom is -0.637 e. The van der Waals surface area contributed by atoms with Crippen LogP contribution in [0.3, 0.4) is 0 Å². The first-order valence-electron chi connectivity index (χ1n) is 8.21. The van der Waals surface area contributed by atoms with Gasteiger partial charge in [-0.2, -0.15) is 0 Å². The monoisotopic (exact) mass is 274 g/mol. The van der Waals surface area contributed by atoms with Gasteiger partial charge in [0.1, 0.15) is 0 Å². The fourth-order valence-electron chi connectivity index (χ4n) is 2.27. The van der Waals surface area contributed by atoms with Crippen LogP contribution in [0.25, 0.3) is 0 Å². The van der Waals surface area contributed by atoms with Gasteiger partial charge in [0.15, 0.2) is 0 Å². The largest absolute Gasteiger partial charge is 0.637 e. The summed E-state index contributed by atoms with van der Waals surface area (Å²) < 4.78 is 0. The molecule has 0 aromatic carbocycles. The van der Waals surface area contributed by atoms with Gasteiger partial charge in [-0.25, -0.2) is 0 Å². The molecule has 0 aliphatic carbocycles. The van der Waals surface area contributed by atoms with Crippen molar-refractivity contribution in [2.24, 2.45) is 0 Å². The minimum absolute atomic E-state index is 1.26. The topological polar surface area (TPSA) is 53.9 Å². The number of nitrogens with zero attached hydrogens (tertiary/aromatic N) is 1. The maximum atomic E-state index is 8.00. The van der Waals surface area contributed by atoms with E-state index in [9.17, 15) is 0 Å². The van der Waals surface area contributed by atoms with Crippen molar-refractivity contribution in [3.63, 3.8) is 0 Å². The summed E-state index contributed by atoms with van der Waals surface area (Å²) in [6, 6.07) is 0. The summed E-state index contributed by atoms with van der Waals surface area (Å²) in [6.45, 7) is 3.55. The summed E-state index contributed by atoms with van der Waals surface area (Å²) in [5.41, 5.74) is 0. The average Bonchev–Trinajstić information content (AvgIpc) is 2.42. The van der Waals surface area contributed by atoms with E-state index >= 15 is 0 Å². The van der Waals surface area contributed by atoms with Crippen molar-refractivity contribution < 1.29 is 5.90 Å². The van der Waals surface area contributed by atoms with Crippen molar-refractivity contribution >= 4 is 0 Å². The smallest absolute Gasteiger partial charge is 0.00248 e. The number of hydrogen-bond donors (Lipinski definition) is 1. The van der Waals surface area contributed by atoms with Crippen LogP contribution in [0, 0.1) is 5.21 Å². The minimum atomic E-state index is 1.26. The van der Waals surface area contributed by atoms with E-state index in [1.54, 1.807) is 0 Å². The van der Waals surface area contributed by atoms with Gasteiger partial charge in [-0.3, -0.25) is 0 Å². The van der Waals surface area contributed by atoms with E-state index in [4.69, 9.17) is 5.21 Å². The Bertz CT molecular complexity index is 141. The second kappa shape index (κ2) is 20.2. The van der Waals surface area contributed by atoms with E-state index in [2.05, 4.69) is 25.9 Å². The zero-order valence-corrected chi connectivity index (χ0v) is 13.8. The first-order chi connectivity index (χ1) is 9.27. The molecule has 0 atom stereocenters. The summed E-state index contributed by atoms with van der Waals surface area (Å²) >= 11 is 0. The number of rotatable bonds is 13. The molecule has 0 bridgehead atoms. The van der Waals surface area contributed by atoms with Crippen molar-refractivity contribution in [1.82, 2.24) is 4.90 Å². The van der Waals surface area contributed by atoms with Crippen molar-refractivity contribution in [2.75, 3.05) is 20.6 Å². The number of hydrogen-bond acceptors (Lipinski definition) is 2. The molecule has 0 saturated heterocycles. The summed E-state index contributed by atoms with van der Waals surface area (Å²) in [4.78, 5) is 2.29. The molecule has 0 aliphatic heterocycles. The lowest BCUT2D eigenvalue weighted by Gasteiger charge is -2.08. The fraction of sp³-hybridized carbons (Fsp3) is 1.00. The Kier molecular flexibility index (Phi) is 22.5. The molecule has 0 heterocycles. The highest BCUT2D eigenvalue weighted by molar-refractivity contribution is 4.49. The Labute approximate surface area is 121 Å². The maximum absolute atomic E-state index is 8.00. The molecule has 0 rings (SSSR count). The summed E-state index contributed by atoms with van der Waals surface area (Å²) in [7, 11) is 4.33. The lowest BCUT2D eigenvalue weighted by Crippen LogP contribution is -2.37. The second-order valence-corrected chi connectivity index (χ2v) is 5.69. The number of unbranched alkanes of at least 4 members (excludes halogenated alkanes) is 11. The van der Waals surface area contributed by atoms with E-state index in [0.717, 1.165) is 0 Å². The first kappa shape index (κ1) is 21.2. The molecule has 0 aromatic heterocycles. The molecule has 0 amide bonds. The molecule has 0 spiro atoms. The molecule has 0 saturated carbocycles. The van der Waals surface area contributed by atoms with Gasteiger partial charge in [0.2, 0.25) is 0 Å². The van der Waals surface area contributed by atoms with E-state index in [-0.39, 0.29) is 0 Å². The molecule has 3 N–H and O–H groups in total. The van der Waals surface area contributed by atoms with Crippen LogP contribution in [0.5, 0.6) is 0 Å². The van der Waals surface area contributed by atoms with Crippen LogP contribution in [0.1, 0.15) is 84.0 Å². The highest BCUT2D eigenvalue weighted by atomic mass is 16.4. The third-order valence-electron chi connectivity index (χ3n) is 3.46. The van der Waals surface area contributed by atoms with Gasteiger partial charge in [-0.05, 0) is 27.1 Å². The van der Waals surface area contributed by atoms with Gasteiger partial charge >= 0.3 is 0 Å². The average molecular weight is 274 g/mol. The van der Waals surface area contributed by atoms with Crippen LogP contribution in [0.4, 0.5) is 0 Å². The highest BCUT2D eigenvalue weighted by Gasteiger charge is 1.94. The van der Waals surface area contributed by atoms with Crippen LogP contribution >= 0.6 is 0 Å². The molecule has 3 heteroatoms. The van der Waals surface area contributed by atoms with Crippen molar-refractivity contribution in [3.8, 4) is 0 Å². The molecule has 0 aromatic rings. The van der Waals surface area contributed by atoms with Crippen LogP contribution < -0.4 is 5.90 Å². The third-order valence-corrected chi connectivity index (χ3v) is 3.46. The quantitative estimate of drug-likeness (QED) is 0.408. The Balaban J connectivity index is 0. The van der Waals surface area contributed by atoms with E-state index in [1.807, 2.05) is 5.90 Å². The molecule has 19 heavy (non-hydrogen) atoms. The lowest BCUT2D eigenvalue weighted by atomic mass is 10.1. The molecular formula is C16H38N2O. The summed E-state index contributed by atoms with van der Waals surface area (Å²) in [5, 5.41) is 8.00. The van der Waals surface area contributed by atoms with Crippen LogP contribution in [0.15, 0.2) is 0 Å². The summed E-state index contributed by atoms with van der Waals surface area (Å²) in [5.74, 6) is 2.00. The van der Waals surface area contributed by atoms with Gasteiger partial charge in [0, 0.05) is 0 Å². The predicted molar refractivity (Wildman–Crippen MR) is 85.9 cm³/mol. The molecule has 0 fully saturated rings. The molecular weight excluding hydrogens is 236 g/mol. The zero-order valence-electron chi connectivity index (χ0n) is 13.8.